The Morgan fingerprint density at radius 3 is 2.86 bits per heavy atom. The van der Waals surface area contributed by atoms with Crippen molar-refractivity contribution in [1.82, 2.24) is 10.3 Å². The highest BCUT2D eigenvalue weighted by atomic mass is 32.1. The molecule has 0 atom stereocenters. The lowest BCUT2D eigenvalue weighted by Gasteiger charge is -2.00. The fraction of sp³-hybridized carbons (Fsp3) is 0.556. The van der Waals surface area contributed by atoms with Gasteiger partial charge in [-0.05, 0) is 13.0 Å². The topological polar surface area (TPSA) is 54.0 Å². The van der Waals surface area contributed by atoms with Gasteiger partial charge in [-0.25, -0.2) is 4.98 Å². The van der Waals surface area contributed by atoms with Crippen LogP contribution >= 0.6 is 11.3 Å². The van der Waals surface area contributed by atoms with Gasteiger partial charge in [-0.1, -0.05) is 13.8 Å². The summed E-state index contributed by atoms with van der Waals surface area (Å²) in [5.41, 5.74) is 1.02. The molecule has 78 valence electrons. The predicted molar refractivity (Wildman–Crippen MR) is 58.8 cm³/mol. The summed E-state index contributed by atoms with van der Waals surface area (Å²) < 4.78 is 0. The highest BCUT2D eigenvalue weighted by molar-refractivity contribution is 7.13. The van der Waals surface area contributed by atoms with E-state index in [1.807, 2.05) is 5.38 Å². The molecular formula is C9H15N3OS. The average molecular weight is 213 g/mol. The number of hydrogen-bond donors (Lipinski definition) is 2. The zero-order valence-corrected chi connectivity index (χ0v) is 9.44. The number of likely N-dealkylation sites (N-methyl/N-ethyl adjacent to an activating group) is 1. The lowest BCUT2D eigenvalue weighted by Crippen LogP contribution is -2.24. The van der Waals surface area contributed by atoms with Crippen LogP contribution in [0.3, 0.4) is 0 Å². The quantitative estimate of drug-likeness (QED) is 0.795. The van der Waals surface area contributed by atoms with Crippen LogP contribution in [-0.2, 0) is 4.79 Å². The van der Waals surface area contributed by atoms with E-state index in [1.165, 1.54) is 11.3 Å². The van der Waals surface area contributed by atoms with Crippen LogP contribution in [0, 0.1) is 0 Å². The van der Waals surface area contributed by atoms with Crippen molar-refractivity contribution in [3.63, 3.8) is 0 Å². The van der Waals surface area contributed by atoms with E-state index in [-0.39, 0.29) is 5.91 Å². The van der Waals surface area contributed by atoms with Gasteiger partial charge in [0.2, 0.25) is 5.91 Å². The maximum atomic E-state index is 11.2. The van der Waals surface area contributed by atoms with Crippen LogP contribution in [0.15, 0.2) is 5.38 Å². The summed E-state index contributed by atoms with van der Waals surface area (Å²) >= 11 is 1.46. The molecule has 0 radical (unpaired) electrons. The number of rotatable bonds is 4. The SMILES string of the molecule is CNCC(=O)Nc1nc(C(C)C)cs1. The first kappa shape index (κ1) is 11.1. The number of carbonyl (C=O) groups excluding carboxylic acids is 1. The van der Waals surface area contributed by atoms with E-state index in [9.17, 15) is 4.79 Å². The Labute approximate surface area is 87.7 Å². The van der Waals surface area contributed by atoms with Gasteiger partial charge in [0.25, 0.3) is 0 Å². The molecule has 1 aromatic heterocycles. The fourth-order valence-electron chi connectivity index (χ4n) is 0.933. The summed E-state index contributed by atoms with van der Waals surface area (Å²) in [6, 6.07) is 0. The van der Waals surface area contributed by atoms with Crippen LogP contribution in [0.5, 0.6) is 0 Å². The minimum atomic E-state index is -0.0582. The number of carbonyl (C=O) groups is 1. The summed E-state index contributed by atoms with van der Waals surface area (Å²) in [5, 5.41) is 8.15. The zero-order chi connectivity index (χ0) is 10.6. The summed E-state index contributed by atoms with van der Waals surface area (Å²) in [6.45, 7) is 4.47. The molecule has 0 saturated heterocycles. The normalized spacial score (nSPS) is 10.6. The van der Waals surface area contributed by atoms with Gasteiger partial charge in [0, 0.05) is 5.38 Å². The number of amides is 1. The molecule has 0 aliphatic rings. The summed E-state index contributed by atoms with van der Waals surface area (Å²) in [6.07, 6.45) is 0. The Morgan fingerprint density at radius 2 is 2.36 bits per heavy atom. The highest BCUT2D eigenvalue weighted by Gasteiger charge is 2.07. The Morgan fingerprint density at radius 1 is 1.64 bits per heavy atom. The van der Waals surface area contributed by atoms with E-state index in [1.54, 1.807) is 7.05 Å². The van der Waals surface area contributed by atoms with E-state index in [4.69, 9.17) is 0 Å². The first-order chi connectivity index (χ1) is 6.63. The number of aromatic nitrogens is 1. The van der Waals surface area contributed by atoms with Gasteiger partial charge in [-0.15, -0.1) is 11.3 Å². The molecule has 0 fully saturated rings. The lowest BCUT2D eigenvalue weighted by molar-refractivity contribution is -0.115. The standard InChI is InChI=1S/C9H15N3OS/c1-6(2)7-5-14-9(11-7)12-8(13)4-10-3/h5-6,10H,4H2,1-3H3,(H,11,12,13). The van der Waals surface area contributed by atoms with E-state index in [0.717, 1.165) is 5.69 Å². The molecule has 0 aromatic carbocycles. The van der Waals surface area contributed by atoms with Crippen molar-refractivity contribution < 1.29 is 4.79 Å². The van der Waals surface area contributed by atoms with Crippen molar-refractivity contribution in [2.75, 3.05) is 18.9 Å². The molecule has 0 aliphatic heterocycles. The van der Waals surface area contributed by atoms with Crippen molar-refractivity contribution in [1.29, 1.82) is 0 Å². The fourth-order valence-corrected chi connectivity index (χ4v) is 1.82. The molecule has 0 bridgehead atoms. The first-order valence-electron chi connectivity index (χ1n) is 4.53. The van der Waals surface area contributed by atoms with E-state index >= 15 is 0 Å². The number of thiazole rings is 1. The molecule has 4 nitrogen and oxygen atoms in total. The summed E-state index contributed by atoms with van der Waals surface area (Å²) in [7, 11) is 1.74. The molecule has 1 aromatic rings. The van der Waals surface area contributed by atoms with Gasteiger partial charge in [-0.3, -0.25) is 4.79 Å². The third kappa shape index (κ3) is 3.08. The van der Waals surface area contributed by atoms with Crippen molar-refractivity contribution in [3.8, 4) is 0 Å². The van der Waals surface area contributed by atoms with Crippen LogP contribution in [-0.4, -0.2) is 24.5 Å². The number of nitrogens with one attached hydrogen (secondary N) is 2. The molecule has 0 aliphatic carbocycles. The predicted octanol–water partition coefficient (Wildman–Crippen LogP) is 1.42. The molecule has 1 amide bonds. The van der Waals surface area contributed by atoms with Gasteiger partial charge in [0.15, 0.2) is 5.13 Å². The molecule has 0 spiro atoms. The van der Waals surface area contributed by atoms with Crippen LogP contribution in [0.4, 0.5) is 5.13 Å². The van der Waals surface area contributed by atoms with E-state index in [2.05, 4.69) is 29.5 Å². The maximum Gasteiger partial charge on any atom is 0.240 e. The monoisotopic (exact) mass is 213 g/mol. The second-order valence-corrected chi connectivity index (χ2v) is 4.17. The average Bonchev–Trinajstić information content (AvgIpc) is 2.53. The minimum Gasteiger partial charge on any atom is -0.311 e. The molecule has 14 heavy (non-hydrogen) atoms. The van der Waals surface area contributed by atoms with Gasteiger partial charge < -0.3 is 10.6 Å². The maximum absolute atomic E-state index is 11.2. The van der Waals surface area contributed by atoms with Crippen molar-refractivity contribution in [2.24, 2.45) is 0 Å². The van der Waals surface area contributed by atoms with Crippen molar-refractivity contribution >= 4 is 22.4 Å². The van der Waals surface area contributed by atoms with Crippen LogP contribution < -0.4 is 10.6 Å². The second kappa shape index (κ2) is 5.07. The van der Waals surface area contributed by atoms with Crippen LogP contribution in [0.1, 0.15) is 25.5 Å². The Kier molecular flexibility index (Phi) is 4.03. The minimum absolute atomic E-state index is 0.0582. The van der Waals surface area contributed by atoms with Crippen molar-refractivity contribution in [2.45, 2.75) is 19.8 Å². The van der Waals surface area contributed by atoms with E-state index < -0.39 is 0 Å². The molecular weight excluding hydrogens is 198 g/mol. The van der Waals surface area contributed by atoms with Crippen LogP contribution in [0.2, 0.25) is 0 Å². The lowest BCUT2D eigenvalue weighted by atomic mass is 10.2. The third-order valence-corrected chi connectivity index (χ3v) is 2.47. The Balaban J connectivity index is 2.55. The molecule has 0 unspecified atom stereocenters. The first-order valence-corrected chi connectivity index (χ1v) is 5.41. The summed E-state index contributed by atoms with van der Waals surface area (Å²) in [4.78, 5) is 15.5. The Bertz CT molecular complexity index is 309. The van der Waals surface area contributed by atoms with Gasteiger partial charge in [-0.2, -0.15) is 0 Å². The molecule has 1 rings (SSSR count). The van der Waals surface area contributed by atoms with Crippen molar-refractivity contribution in [3.05, 3.63) is 11.1 Å². The number of nitrogens with zero attached hydrogens (tertiary/aromatic N) is 1. The molecule has 2 N–H and O–H groups in total. The smallest absolute Gasteiger partial charge is 0.240 e. The van der Waals surface area contributed by atoms with Gasteiger partial charge in [0.1, 0.15) is 0 Å². The molecule has 0 saturated carbocycles. The molecule has 5 heteroatoms. The van der Waals surface area contributed by atoms with E-state index in [0.29, 0.717) is 17.6 Å². The number of hydrogen-bond acceptors (Lipinski definition) is 4. The van der Waals surface area contributed by atoms with Gasteiger partial charge >= 0.3 is 0 Å². The highest BCUT2D eigenvalue weighted by Crippen LogP contribution is 2.21. The van der Waals surface area contributed by atoms with Crippen LogP contribution in [0.25, 0.3) is 0 Å². The molecule has 1 heterocycles. The largest absolute Gasteiger partial charge is 0.311 e. The second-order valence-electron chi connectivity index (χ2n) is 3.31. The Hall–Kier alpha value is -0.940. The van der Waals surface area contributed by atoms with Gasteiger partial charge in [0.05, 0.1) is 12.2 Å². The zero-order valence-electron chi connectivity index (χ0n) is 8.63. The number of anilines is 1. The third-order valence-electron chi connectivity index (χ3n) is 1.70. The summed E-state index contributed by atoms with van der Waals surface area (Å²) in [5.74, 6) is 0.346.